The highest BCUT2D eigenvalue weighted by Gasteiger charge is 2.29. The highest BCUT2D eigenvalue weighted by atomic mass is 32.2. The minimum atomic E-state index is -3.74. The standard InChI is InChI=1S/C28H39N5O4S/c1-20-16-25(37-5)17-21(2)28(20)38(35,36)32(4)13-12-27(34)30-23-6-8-24(9-7-23)33-14-10-22(11-15-33)26-18-31(3)19-29-26/h6-9,16-17,19,22,26H,10-15,18H2,1-5H3,(H,30,34). The molecule has 1 fully saturated rings. The number of piperidine rings is 1. The number of anilines is 2. The van der Waals surface area contributed by atoms with E-state index in [2.05, 4.69) is 27.2 Å². The number of amides is 1. The number of nitrogens with one attached hydrogen (secondary N) is 1. The Bertz CT molecular complexity index is 1250. The minimum Gasteiger partial charge on any atom is -0.497 e. The molecule has 0 spiro atoms. The van der Waals surface area contributed by atoms with Gasteiger partial charge >= 0.3 is 0 Å². The number of rotatable bonds is 9. The molecule has 4 rings (SSSR count). The number of hydrogen-bond donors (Lipinski definition) is 1. The number of ether oxygens (including phenoxy) is 1. The summed E-state index contributed by atoms with van der Waals surface area (Å²) in [5.41, 5.74) is 3.07. The molecule has 2 aliphatic heterocycles. The first kappa shape index (κ1) is 27.9. The van der Waals surface area contributed by atoms with Crippen molar-refractivity contribution in [2.75, 3.05) is 57.6 Å². The monoisotopic (exact) mass is 541 g/mol. The van der Waals surface area contributed by atoms with E-state index in [0.717, 1.165) is 38.2 Å². The zero-order valence-electron chi connectivity index (χ0n) is 23.0. The summed E-state index contributed by atoms with van der Waals surface area (Å²) in [5.74, 6) is 1.01. The van der Waals surface area contributed by atoms with Crippen LogP contribution in [-0.4, -0.2) is 83.3 Å². The molecule has 1 amide bonds. The third-order valence-electron chi connectivity index (χ3n) is 7.52. The van der Waals surface area contributed by atoms with Gasteiger partial charge in [0.25, 0.3) is 0 Å². The van der Waals surface area contributed by atoms with Gasteiger partial charge in [-0.05, 0) is 80.1 Å². The molecule has 0 bridgehead atoms. The fourth-order valence-corrected chi connectivity index (χ4v) is 6.93. The van der Waals surface area contributed by atoms with Crippen LogP contribution < -0.4 is 15.0 Å². The van der Waals surface area contributed by atoms with Gasteiger partial charge in [-0.15, -0.1) is 0 Å². The predicted octanol–water partition coefficient (Wildman–Crippen LogP) is 3.52. The molecule has 1 saturated heterocycles. The molecular formula is C28H39N5O4S. The van der Waals surface area contributed by atoms with Crippen LogP contribution in [0.2, 0.25) is 0 Å². The summed E-state index contributed by atoms with van der Waals surface area (Å²) in [7, 11) is 1.38. The summed E-state index contributed by atoms with van der Waals surface area (Å²) >= 11 is 0. The summed E-state index contributed by atoms with van der Waals surface area (Å²) in [6.45, 7) is 6.59. The number of carbonyl (C=O) groups excluding carboxylic acids is 1. The number of benzene rings is 2. The highest BCUT2D eigenvalue weighted by molar-refractivity contribution is 7.89. The zero-order chi connectivity index (χ0) is 27.4. The van der Waals surface area contributed by atoms with Crippen molar-refractivity contribution in [2.24, 2.45) is 10.9 Å². The largest absolute Gasteiger partial charge is 0.497 e. The van der Waals surface area contributed by atoms with Crippen molar-refractivity contribution in [3.05, 3.63) is 47.5 Å². The van der Waals surface area contributed by atoms with Crippen LogP contribution in [0, 0.1) is 19.8 Å². The quantitative estimate of drug-likeness (QED) is 0.522. The summed E-state index contributed by atoms with van der Waals surface area (Å²) in [6, 6.07) is 11.7. The van der Waals surface area contributed by atoms with Crippen molar-refractivity contribution in [3.8, 4) is 5.75 Å². The Hall–Kier alpha value is -3.11. The maximum absolute atomic E-state index is 13.2. The van der Waals surface area contributed by atoms with E-state index in [0.29, 0.717) is 34.5 Å². The van der Waals surface area contributed by atoms with E-state index in [4.69, 9.17) is 4.74 Å². The fourth-order valence-electron chi connectivity index (χ4n) is 5.35. The summed E-state index contributed by atoms with van der Waals surface area (Å²) in [4.78, 5) is 22.0. The Morgan fingerprint density at radius 3 is 2.32 bits per heavy atom. The van der Waals surface area contributed by atoms with Gasteiger partial charge in [0.1, 0.15) is 5.75 Å². The molecule has 0 aliphatic carbocycles. The van der Waals surface area contributed by atoms with Crippen LogP contribution in [-0.2, 0) is 14.8 Å². The second-order valence-electron chi connectivity index (χ2n) is 10.4. The van der Waals surface area contributed by atoms with Gasteiger partial charge in [-0.25, -0.2) is 12.7 Å². The molecule has 1 unspecified atom stereocenters. The molecule has 1 N–H and O–H groups in total. The van der Waals surface area contributed by atoms with E-state index in [1.807, 2.05) is 30.6 Å². The summed E-state index contributed by atoms with van der Waals surface area (Å²) in [6.07, 6.45) is 4.25. The molecule has 1 atom stereocenters. The number of sulfonamides is 1. The van der Waals surface area contributed by atoms with Crippen molar-refractivity contribution >= 4 is 33.6 Å². The SMILES string of the molecule is COc1cc(C)c(S(=O)(=O)N(C)CCC(=O)Nc2ccc(N3CCC(C4CN(C)C=N4)CC3)cc2)c(C)c1. The maximum atomic E-state index is 13.2. The lowest BCUT2D eigenvalue weighted by molar-refractivity contribution is -0.116. The van der Waals surface area contributed by atoms with Crippen LogP contribution in [0.25, 0.3) is 0 Å². The highest BCUT2D eigenvalue weighted by Crippen LogP contribution is 2.29. The Labute approximate surface area is 226 Å². The van der Waals surface area contributed by atoms with Gasteiger partial charge in [-0.3, -0.25) is 9.79 Å². The molecule has 2 aromatic rings. The average molecular weight is 542 g/mol. The number of nitrogens with zero attached hydrogens (tertiary/aromatic N) is 4. The molecule has 2 heterocycles. The van der Waals surface area contributed by atoms with Gasteiger partial charge in [0.15, 0.2) is 0 Å². The van der Waals surface area contributed by atoms with Gasteiger partial charge in [0.05, 0.1) is 24.4 Å². The van der Waals surface area contributed by atoms with Crippen molar-refractivity contribution in [2.45, 2.75) is 44.0 Å². The van der Waals surface area contributed by atoms with E-state index in [-0.39, 0.29) is 23.8 Å². The Morgan fingerprint density at radius 2 is 1.76 bits per heavy atom. The second kappa shape index (κ2) is 11.7. The Morgan fingerprint density at radius 1 is 1.13 bits per heavy atom. The molecule has 2 aliphatic rings. The molecule has 10 heteroatoms. The van der Waals surface area contributed by atoms with Crippen molar-refractivity contribution < 1.29 is 17.9 Å². The van der Waals surface area contributed by atoms with Crippen molar-refractivity contribution in [1.82, 2.24) is 9.21 Å². The molecule has 9 nitrogen and oxygen atoms in total. The first-order valence-electron chi connectivity index (χ1n) is 13.1. The second-order valence-corrected chi connectivity index (χ2v) is 12.3. The molecule has 38 heavy (non-hydrogen) atoms. The van der Waals surface area contributed by atoms with Gasteiger partial charge in [0, 0.05) is 58.1 Å². The summed E-state index contributed by atoms with van der Waals surface area (Å²) < 4.78 is 32.8. The van der Waals surface area contributed by atoms with E-state index in [9.17, 15) is 13.2 Å². The number of methoxy groups -OCH3 is 1. The Kier molecular flexibility index (Phi) is 8.62. The topological polar surface area (TPSA) is 94.5 Å². The van der Waals surface area contributed by atoms with E-state index in [1.165, 1.54) is 11.4 Å². The fraction of sp³-hybridized carbons (Fsp3) is 0.500. The normalized spacial score (nSPS) is 18.3. The number of likely N-dealkylation sites (N-methyl/N-ethyl adjacent to an activating group) is 1. The zero-order valence-corrected chi connectivity index (χ0v) is 23.8. The first-order chi connectivity index (χ1) is 18.1. The molecule has 206 valence electrons. The van der Waals surface area contributed by atoms with Crippen LogP contribution in [0.4, 0.5) is 11.4 Å². The molecule has 2 aromatic carbocycles. The Balaban J connectivity index is 1.27. The lowest BCUT2D eigenvalue weighted by Crippen LogP contribution is -2.38. The van der Waals surface area contributed by atoms with Gasteiger partial charge in [-0.2, -0.15) is 0 Å². The van der Waals surface area contributed by atoms with Gasteiger partial charge in [-0.1, -0.05) is 0 Å². The number of aryl methyl sites for hydroxylation is 2. The van der Waals surface area contributed by atoms with Crippen molar-refractivity contribution in [3.63, 3.8) is 0 Å². The third-order valence-corrected chi connectivity index (χ3v) is 9.68. The van der Waals surface area contributed by atoms with E-state index >= 15 is 0 Å². The van der Waals surface area contributed by atoms with E-state index in [1.54, 1.807) is 33.1 Å². The van der Waals surface area contributed by atoms with Crippen molar-refractivity contribution in [1.29, 1.82) is 0 Å². The number of aliphatic imine (C=N–C) groups is 1. The lowest BCUT2D eigenvalue weighted by Gasteiger charge is -2.35. The van der Waals surface area contributed by atoms with Crippen LogP contribution in [0.5, 0.6) is 5.75 Å². The molecule has 0 radical (unpaired) electrons. The third kappa shape index (κ3) is 6.30. The number of hydrogen-bond acceptors (Lipinski definition) is 7. The maximum Gasteiger partial charge on any atom is 0.243 e. The van der Waals surface area contributed by atoms with Crippen LogP contribution in [0.1, 0.15) is 30.4 Å². The van der Waals surface area contributed by atoms with Crippen LogP contribution >= 0.6 is 0 Å². The van der Waals surface area contributed by atoms with Gasteiger partial charge < -0.3 is 19.9 Å². The first-order valence-corrected chi connectivity index (χ1v) is 14.5. The molecule has 0 saturated carbocycles. The van der Waals surface area contributed by atoms with E-state index < -0.39 is 10.0 Å². The smallest absolute Gasteiger partial charge is 0.243 e. The summed E-state index contributed by atoms with van der Waals surface area (Å²) in [5, 5.41) is 2.89. The predicted molar refractivity (Wildman–Crippen MR) is 152 cm³/mol. The minimum absolute atomic E-state index is 0.0537. The van der Waals surface area contributed by atoms with Crippen LogP contribution in [0.15, 0.2) is 46.3 Å². The lowest BCUT2D eigenvalue weighted by atomic mass is 9.89. The van der Waals surface area contributed by atoms with Crippen LogP contribution in [0.3, 0.4) is 0 Å². The molecular weight excluding hydrogens is 502 g/mol. The average Bonchev–Trinajstić information content (AvgIpc) is 3.33. The molecule has 0 aromatic heterocycles. The number of carbonyl (C=O) groups is 1. The van der Waals surface area contributed by atoms with Gasteiger partial charge in [0.2, 0.25) is 15.9 Å².